The summed E-state index contributed by atoms with van der Waals surface area (Å²) in [4.78, 5) is 11.0. The van der Waals surface area contributed by atoms with Crippen molar-refractivity contribution in [3.8, 4) is 0 Å². The van der Waals surface area contributed by atoms with Crippen molar-refractivity contribution in [2.45, 2.75) is 33.7 Å². The van der Waals surface area contributed by atoms with Gasteiger partial charge in [0, 0.05) is 5.41 Å². The van der Waals surface area contributed by atoms with E-state index in [1.165, 1.54) is 0 Å². The van der Waals surface area contributed by atoms with Gasteiger partial charge in [-0.15, -0.1) is 0 Å². The molecule has 0 rings (SSSR count). The molecule has 1 unspecified atom stereocenters. The van der Waals surface area contributed by atoms with Crippen LogP contribution in [-0.4, -0.2) is 11.8 Å². The SMILES string of the molecule is CC(N)C(=O)C(C)(C)C. The molecule has 0 saturated heterocycles. The number of rotatable bonds is 1. The molecule has 0 heterocycles. The Morgan fingerprint density at radius 2 is 1.78 bits per heavy atom. The van der Waals surface area contributed by atoms with Crippen LogP contribution in [0, 0.1) is 5.41 Å². The maximum atomic E-state index is 11.0. The summed E-state index contributed by atoms with van der Waals surface area (Å²) in [6.45, 7) is 7.34. The Morgan fingerprint density at radius 3 is 1.78 bits per heavy atom. The van der Waals surface area contributed by atoms with Gasteiger partial charge in [-0.25, -0.2) is 0 Å². The van der Waals surface area contributed by atoms with Crippen LogP contribution in [0.1, 0.15) is 27.7 Å². The lowest BCUT2D eigenvalue weighted by Crippen LogP contribution is -2.36. The summed E-state index contributed by atoms with van der Waals surface area (Å²) in [6, 6.07) is -0.329. The van der Waals surface area contributed by atoms with Crippen molar-refractivity contribution in [1.82, 2.24) is 0 Å². The van der Waals surface area contributed by atoms with E-state index in [1.807, 2.05) is 20.8 Å². The van der Waals surface area contributed by atoms with Crippen LogP contribution in [0.4, 0.5) is 0 Å². The van der Waals surface area contributed by atoms with Crippen molar-refractivity contribution >= 4 is 5.78 Å². The summed E-state index contributed by atoms with van der Waals surface area (Å²) >= 11 is 0. The highest BCUT2D eigenvalue weighted by molar-refractivity contribution is 5.88. The number of Topliss-reactive ketones (excluding diaryl/α,β-unsaturated/α-hetero) is 1. The molecule has 0 amide bonds. The van der Waals surface area contributed by atoms with Gasteiger partial charge in [0.05, 0.1) is 6.04 Å². The molecule has 0 aliphatic carbocycles. The molecule has 0 aromatic rings. The summed E-state index contributed by atoms with van der Waals surface area (Å²) in [5.41, 5.74) is 5.09. The highest BCUT2D eigenvalue weighted by atomic mass is 16.1. The average molecular weight is 129 g/mol. The van der Waals surface area contributed by atoms with Crippen LogP contribution in [0.2, 0.25) is 0 Å². The monoisotopic (exact) mass is 129 g/mol. The highest BCUT2D eigenvalue weighted by Crippen LogP contribution is 2.15. The van der Waals surface area contributed by atoms with Gasteiger partial charge in [-0.1, -0.05) is 20.8 Å². The zero-order chi connectivity index (χ0) is 7.65. The van der Waals surface area contributed by atoms with Gasteiger partial charge in [-0.2, -0.15) is 0 Å². The minimum absolute atomic E-state index is 0.113. The van der Waals surface area contributed by atoms with E-state index in [9.17, 15) is 4.79 Å². The molecular weight excluding hydrogens is 114 g/mol. The van der Waals surface area contributed by atoms with Crippen molar-refractivity contribution in [1.29, 1.82) is 0 Å². The maximum Gasteiger partial charge on any atom is 0.154 e. The first-order valence-electron chi connectivity index (χ1n) is 3.15. The zero-order valence-electron chi connectivity index (χ0n) is 6.56. The van der Waals surface area contributed by atoms with Crippen molar-refractivity contribution in [3.63, 3.8) is 0 Å². The Bertz CT molecular complexity index is 111. The average Bonchev–Trinajstić information content (AvgIpc) is 1.62. The van der Waals surface area contributed by atoms with Crippen molar-refractivity contribution in [2.24, 2.45) is 11.1 Å². The fraction of sp³-hybridized carbons (Fsp3) is 0.857. The van der Waals surface area contributed by atoms with Gasteiger partial charge in [0.15, 0.2) is 5.78 Å². The van der Waals surface area contributed by atoms with E-state index in [2.05, 4.69) is 0 Å². The lowest BCUT2D eigenvalue weighted by molar-refractivity contribution is -0.127. The van der Waals surface area contributed by atoms with E-state index >= 15 is 0 Å². The smallest absolute Gasteiger partial charge is 0.154 e. The first-order valence-corrected chi connectivity index (χ1v) is 3.15. The van der Waals surface area contributed by atoms with Gasteiger partial charge in [-0.05, 0) is 6.92 Å². The second-order valence-corrected chi connectivity index (χ2v) is 3.40. The van der Waals surface area contributed by atoms with Crippen molar-refractivity contribution in [3.05, 3.63) is 0 Å². The third-order valence-corrected chi connectivity index (χ3v) is 1.15. The Labute approximate surface area is 56.4 Å². The molecule has 2 N–H and O–H groups in total. The van der Waals surface area contributed by atoms with Crippen molar-refractivity contribution < 1.29 is 4.79 Å². The molecule has 54 valence electrons. The Kier molecular flexibility index (Phi) is 2.38. The third kappa shape index (κ3) is 2.61. The van der Waals surface area contributed by atoms with Crippen LogP contribution >= 0.6 is 0 Å². The number of hydrogen-bond donors (Lipinski definition) is 1. The van der Waals surface area contributed by atoms with Crippen LogP contribution < -0.4 is 5.73 Å². The highest BCUT2D eigenvalue weighted by Gasteiger charge is 2.23. The predicted octanol–water partition coefficient (Wildman–Crippen LogP) is 0.949. The number of hydrogen-bond acceptors (Lipinski definition) is 2. The molecule has 0 bridgehead atoms. The fourth-order valence-corrected chi connectivity index (χ4v) is 0.683. The molecule has 2 heteroatoms. The molecule has 0 spiro atoms. The number of carbonyl (C=O) groups is 1. The normalized spacial score (nSPS) is 15.2. The van der Waals surface area contributed by atoms with Crippen LogP contribution in [0.25, 0.3) is 0 Å². The minimum atomic E-state index is -0.329. The molecule has 0 saturated carbocycles. The summed E-state index contributed by atoms with van der Waals surface area (Å²) in [5, 5.41) is 0. The molecule has 0 aromatic carbocycles. The third-order valence-electron chi connectivity index (χ3n) is 1.15. The maximum absolute atomic E-state index is 11.0. The largest absolute Gasteiger partial charge is 0.322 e. The fourth-order valence-electron chi connectivity index (χ4n) is 0.683. The molecule has 0 fully saturated rings. The Balaban J connectivity index is 4.06. The van der Waals surface area contributed by atoms with Gasteiger partial charge in [0.2, 0.25) is 0 Å². The van der Waals surface area contributed by atoms with Crippen molar-refractivity contribution in [2.75, 3.05) is 0 Å². The van der Waals surface area contributed by atoms with E-state index in [4.69, 9.17) is 5.73 Å². The Morgan fingerprint density at radius 1 is 1.44 bits per heavy atom. The molecular formula is C7H15NO. The predicted molar refractivity (Wildman–Crippen MR) is 38.1 cm³/mol. The van der Waals surface area contributed by atoms with Gasteiger partial charge in [0.1, 0.15) is 0 Å². The molecule has 0 radical (unpaired) electrons. The van der Waals surface area contributed by atoms with Crippen LogP contribution in [0.15, 0.2) is 0 Å². The lowest BCUT2D eigenvalue weighted by atomic mass is 9.87. The summed E-state index contributed by atoms with van der Waals surface area (Å²) in [6.07, 6.45) is 0. The summed E-state index contributed by atoms with van der Waals surface area (Å²) in [7, 11) is 0. The van der Waals surface area contributed by atoms with Gasteiger partial charge < -0.3 is 5.73 Å². The molecule has 1 atom stereocenters. The lowest BCUT2D eigenvalue weighted by Gasteiger charge is -2.18. The quantitative estimate of drug-likeness (QED) is 0.572. The van der Waals surface area contributed by atoms with E-state index in [0.29, 0.717) is 0 Å². The summed E-state index contributed by atoms with van der Waals surface area (Å²) in [5.74, 6) is 0.113. The van der Waals surface area contributed by atoms with E-state index in [-0.39, 0.29) is 17.2 Å². The zero-order valence-corrected chi connectivity index (χ0v) is 6.56. The van der Waals surface area contributed by atoms with Crippen LogP contribution in [-0.2, 0) is 4.79 Å². The molecule has 0 aromatic heterocycles. The summed E-state index contributed by atoms with van der Waals surface area (Å²) < 4.78 is 0. The second kappa shape index (κ2) is 2.48. The van der Waals surface area contributed by atoms with Gasteiger partial charge >= 0.3 is 0 Å². The van der Waals surface area contributed by atoms with E-state index < -0.39 is 0 Å². The van der Waals surface area contributed by atoms with E-state index in [0.717, 1.165) is 0 Å². The van der Waals surface area contributed by atoms with Gasteiger partial charge in [0.25, 0.3) is 0 Å². The molecule has 2 nitrogen and oxygen atoms in total. The van der Waals surface area contributed by atoms with Crippen LogP contribution in [0.3, 0.4) is 0 Å². The number of nitrogens with two attached hydrogens (primary N) is 1. The molecule has 0 aliphatic rings. The minimum Gasteiger partial charge on any atom is -0.322 e. The second-order valence-electron chi connectivity index (χ2n) is 3.40. The van der Waals surface area contributed by atoms with Gasteiger partial charge in [-0.3, -0.25) is 4.79 Å². The number of carbonyl (C=O) groups excluding carboxylic acids is 1. The topological polar surface area (TPSA) is 43.1 Å². The number of ketones is 1. The first-order chi connectivity index (χ1) is 3.85. The van der Waals surface area contributed by atoms with Crippen LogP contribution in [0.5, 0.6) is 0 Å². The molecule has 0 aliphatic heterocycles. The molecule has 9 heavy (non-hydrogen) atoms. The first kappa shape index (κ1) is 8.63. The standard InChI is InChI=1S/C7H15NO/c1-5(8)6(9)7(2,3)4/h5H,8H2,1-4H3. The Hall–Kier alpha value is -0.370. The van der Waals surface area contributed by atoms with E-state index in [1.54, 1.807) is 6.92 Å².